The van der Waals surface area contributed by atoms with Crippen LogP contribution in [0.5, 0.6) is 5.75 Å². The zero-order valence-electron chi connectivity index (χ0n) is 11.2. The Morgan fingerprint density at radius 3 is 2.78 bits per heavy atom. The first-order valence-electron chi connectivity index (χ1n) is 6.90. The SMILES string of the molecule is CC1CN(CCOc2ccccc2)CCC1CN. The second-order valence-corrected chi connectivity index (χ2v) is 5.22. The number of hydrogen-bond donors (Lipinski definition) is 1. The van der Waals surface area contributed by atoms with Crippen LogP contribution in [0.3, 0.4) is 0 Å². The minimum atomic E-state index is 0.705. The number of nitrogens with zero attached hydrogens (tertiary/aromatic N) is 1. The fraction of sp³-hybridized carbons (Fsp3) is 0.600. The van der Waals surface area contributed by atoms with E-state index in [1.165, 1.54) is 6.42 Å². The highest BCUT2D eigenvalue weighted by Gasteiger charge is 2.24. The molecule has 1 heterocycles. The van der Waals surface area contributed by atoms with Gasteiger partial charge < -0.3 is 10.5 Å². The van der Waals surface area contributed by atoms with Crippen molar-refractivity contribution in [1.82, 2.24) is 4.90 Å². The standard InChI is InChI=1S/C15H24N2O/c1-13-12-17(8-7-14(13)11-16)9-10-18-15-5-3-2-4-6-15/h2-6,13-14H,7-12,16H2,1H3. The molecular weight excluding hydrogens is 224 g/mol. The molecule has 2 unspecified atom stereocenters. The fourth-order valence-electron chi connectivity index (χ4n) is 2.64. The highest BCUT2D eigenvalue weighted by Crippen LogP contribution is 2.21. The van der Waals surface area contributed by atoms with Gasteiger partial charge in [-0.2, -0.15) is 0 Å². The minimum Gasteiger partial charge on any atom is -0.492 e. The molecule has 1 aliphatic rings. The molecule has 0 aromatic heterocycles. The van der Waals surface area contributed by atoms with Crippen LogP contribution in [0.15, 0.2) is 30.3 Å². The highest BCUT2D eigenvalue weighted by atomic mass is 16.5. The molecule has 0 bridgehead atoms. The van der Waals surface area contributed by atoms with Crippen molar-refractivity contribution in [1.29, 1.82) is 0 Å². The molecule has 0 saturated carbocycles. The van der Waals surface area contributed by atoms with Crippen LogP contribution in [-0.4, -0.2) is 37.7 Å². The van der Waals surface area contributed by atoms with Gasteiger partial charge in [0.05, 0.1) is 0 Å². The van der Waals surface area contributed by atoms with E-state index in [4.69, 9.17) is 10.5 Å². The monoisotopic (exact) mass is 248 g/mol. The third-order valence-electron chi connectivity index (χ3n) is 3.89. The first kappa shape index (κ1) is 13.4. The van der Waals surface area contributed by atoms with Crippen LogP contribution >= 0.6 is 0 Å². The summed E-state index contributed by atoms with van der Waals surface area (Å²) in [6.45, 7) is 7.22. The van der Waals surface area contributed by atoms with Crippen LogP contribution in [0, 0.1) is 11.8 Å². The van der Waals surface area contributed by atoms with Gasteiger partial charge >= 0.3 is 0 Å². The van der Waals surface area contributed by atoms with Gasteiger partial charge in [-0.05, 0) is 43.5 Å². The normalized spacial score (nSPS) is 25.0. The predicted molar refractivity (Wildman–Crippen MR) is 74.7 cm³/mol. The van der Waals surface area contributed by atoms with Gasteiger partial charge in [0.1, 0.15) is 12.4 Å². The predicted octanol–water partition coefficient (Wildman–Crippen LogP) is 1.98. The van der Waals surface area contributed by atoms with Crippen molar-refractivity contribution in [2.45, 2.75) is 13.3 Å². The first-order valence-corrected chi connectivity index (χ1v) is 6.90. The van der Waals surface area contributed by atoms with Crippen LogP contribution in [0.2, 0.25) is 0 Å². The summed E-state index contributed by atoms with van der Waals surface area (Å²) in [6, 6.07) is 10.0. The molecule has 0 spiro atoms. The Labute approximate surface area is 110 Å². The smallest absolute Gasteiger partial charge is 0.119 e. The Hall–Kier alpha value is -1.06. The molecule has 3 heteroatoms. The lowest BCUT2D eigenvalue weighted by Crippen LogP contribution is -2.43. The van der Waals surface area contributed by atoms with Crippen LogP contribution in [0.4, 0.5) is 0 Å². The van der Waals surface area contributed by atoms with Crippen LogP contribution in [0.1, 0.15) is 13.3 Å². The van der Waals surface area contributed by atoms with Gasteiger partial charge in [0.15, 0.2) is 0 Å². The lowest BCUT2D eigenvalue weighted by atomic mass is 9.87. The fourth-order valence-corrected chi connectivity index (χ4v) is 2.64. The molecule has 100 valence electrons. The Bertz CT molecular complexity index is 342. The molecule has 1 saturated heterocycles. The first-order chi connectivity index (χ1) is 8.79. The highest BCUT2D eigenvalue weighted by molar-refractivity contribution is 5.20. The Kier molecular flexibility index (Phi) is 5.02. The van der Waals surface area contributed by atoms with E-state index in [0.717, 1.165) is 38.5 Å². The van der Waals surface area contributed by atoms with Crippen molar-refractivity contribution in [3.8, 4) is 5.75 Å². The van der Waals surface area contributed by atoms with Gasteiger partial charge in [-0.3, -0.25) is 4.90 Å². The van der Waals surface area contributed by atoms with E-state index < -0.39 is 0 Å². The van der Waals surface area contributed by atoms with Crippen molar-refractivity contribution in [2.75, 3.05) is 32.8 Å². The molecule has 18 heavy (non-hydrogen) atoms. The summed E-state index contributed by atoms with van der Waals surface area (Å²) < 4.78 is 5.73. The van der Waals surface area contributed by atoms with Crippen molar-refractivity contribution in [3.63, 3.8) is 0 Å². The van der Waals surface area contributed by atoms with Crippen molar-refractivity contribution in [3.05, 3.63) is 30.3 Å². The van der Waals surface area contributed by atoms with Gasteiger partial charge in [0, 0.05) is 13.1 Å². The zero-order valence-corrected chi connectivity index (χ0v) is 11.2. The van der Waals surface area contributed by atoms with E-state index in [1.54, 1.807) is 0 Å². The molecule has 0 radical (unpaired) electrons. The number of hydrogen-bond acceptors (Lipinski definition) is 3. The Morgan fingerprint density at radius 2 is 2.11 bits per heavy atom. The maximum absolute atomic E-state index is 5.77. The average Bonchev–Trinajstić information content (AvgIpc) is 2.40. The molecule has 1 fully saturated rings. The van der Waals surface area contributed by atoms with Gasteiger partial charge in [-0.25, -0.2) is 0 Å². The number of rotatable bonds is 5. The quantitative estimate of drug-likeness (QED) is 0.866. The number of nitrogens with two attached hydrogens (primary N) is 1. The molecule has 2 N–H and O–H groups in total. The average molecular weight is 248 g/mol. The number of para-hydroxylation sites is 1. The van der Waals surface area contributed by atoms with Gasteiger partial charge in [0.25, 0.3) is 0 Å². The second-order valence-electron chi connectivity index (χ2n) is 5.22. The second kappa shape index (κ2) is 6.76. The van der Waals surface area contributed by atoms with Crippen molar-refractivity contribution < 1.29 is 4.74 Å². The Morgan fingerprint density at radius 1 is 1.33 bits per heavy atom. The minimum absolute atomic E-state index is 0.705. The molecule has 0 amide bonds. The summed E-state index contributed by atoms with van der Waals surface area (Å²) in [7, 11) is 0. The van der Waals surface area contributed by atoms with Crippen LogP contribution < -0.4 is 10.5 Å². The number of benzene rings is 1. The lowest BCUT2D eigenvalue weighted by molar-refractivity contribution is 0.115. The van der Waals surface area contributed by atoms with Gasteiger partial charge in [-0.1, -0.05) is 25.1 Å². The van der Waals surface area contributed by atoms with E-state index in [-0.39, 0.29) is 0 Å². The lowest BCUT2D eigenvalue weighted by Gasteiger charge is -2.36. The van der Waals surface area contributed by atoms with Gasteiger partial charge in [-0.15, -0.1) is 0 Å². The number of ether oxygens (including phenoxy) is 1. The zero-order chi connectivity index (χ0) is 12.8. The number of piperidine rings is 1. The summed E-state index contributed by atoms with van der Waals surface area (Å²) in [6.07, 6.45) is 1.23. The molecule has 1 aromatic rings. The van der Waals surface area contributed by atoms with E-state index in [2.05, 4.69) is 11.8 Å². The van der Waals surface area contributed by atoms with E-state index in [0.29, 0.717) is 11.8 Å². The van der Waals surface area contributed by atoms with Crippen molar-refractivity contribution in [2.24, 2.45) is 17.6 Å². The van der Waals surface area contributed by atoms with Crippen molar-refractivity contribution >= 4 is 0 Å². The molecule has 2 atom stereocenters. The molecule has 0 aliphatic carbocycles. The summed E-state index contributed by atoms with van der Waals surface area (Å²) in [5, 5.41) is 0. The molecule has 3 nitrogen and oxygen atoms in total. The van der Waals surface area contributed by atoms with E-state index in [1.807, 2.05) is 30.3 Å². The summed E-state index contributed by atoms with van der Waals surface area (Å²) in [5.74, 6) is 2.37. The van der Waals surface area contributed by atoms with Crippen LogP contribution in [0.25, 0.3) is 0 Å². The van der Waals surface area contributed by atoms with E-state index >= 15 is 0 Å². The molecule has 1 aromatic carbocycles. The molecule has 1 aliphatic heterocycles. The number of likely N-dealkylation sites (tertiary alicyclic amines) is 1. The molecular formula is C15H24N2O. The summed E-state index contributed by atoms with van der Waals surface area (Å²) in [4.78, 5) is 2.49. The maximum Gasteiger partial charge on any atom is 0.119 e. The third-order valence-corrected chi connectivity index (χ3v) is 3.89. The van der Waals surface area contributed by atoms with Gasteiger partial charge in [0.2, 0.25) is 0 Å². The summed E-state index contributed by atoms with van der Waals surface area (Å²) >= 11 is 0. The maximum atomic E-state index is 5.77. The largest absolute Gasteiger partial charge is 0.492 e. The Balaban J connectivity index is 1.69. The topological polar surface area (TPSA) is 38.5 Å². The third kappa shape index (κ3) is 3.72. The summed E-state index contributed by atoms with van der Waals surface area (Å²) in [5.41, 5.74) is 5.77. The van der Waals surface area contributed by atoms with Crippen LogP contribution in [-0.2, 0) is 0 Å². The molecule has 2 rings (SSSR count). The van der Waals surface area contributed by atoms with E-state index in [9.17, 15) is 0 Å².